The van der Waals surface area contributed by atoms with Gasteiger partial charge in [0.1, 0.15) is 0 Å². The van der Waals surface area contributed by atoms with E-state index in [0.29, 0.717) is 13.0 Å². The number of thioether (sulfide) groups is 1. The third-order valence-electron chi connectivity index (χ3n) is 3.28. The Morgan fingerprint density at radius 2 is 2.25 bits per heavy atom. The Morgan fingerprint density at radius 1 is 1.45 bits per heavy atom. The van der Waals surface area contributed by atoms with E-state index in [1.54, 1.807) is 11.8 Å². The Morgan fingerprint density at radius 3 is 3.05 bits per heavy atom. The van der Waals surface area contributed by atoms with E-state index in [4.69, 9.17) is 5.73 Å². The summed E-state index contributed by atoms with van der Waals surface area (Å²) in [6, 6.07) is 7.55. The summed E-state index contributed by atoms with van der Waals surface area (Å²) in [5.74, 6) is 0.981. The van der Waals surface area contributed by atoms with Gasteiger partial charge in [-0.2, -0.15) is 11.8 Å². The second kappa shape index (κ2) is 7.36. The molecule has 0 fully saturated rings. The second-order valence-electron chi connectivity index (χ2n) is 4.81. The van der Waals surface area contributed by atoms with Crippen molar-refractivity contribution >= 4 is 28.6 Å². The maximum Gasteiger partial charge on any atom is 0.237 e. The molecule has 2 aromatic rings. The molecule has 4 nitrogen and oxygen atoms in total. The Kier molecular flexibility index (Phi) is 5.49. The molecule has 0 spiro atoms. The summed E-state index contributed by atoms with van der Waals surface area (Å²) in [5.41, 5.74) is 8.15. The molecule has 0 unspecified atom stereocenters. The Bertz CT molecular complexity index is 567. The monoisotopic (exact) mass is 291 g/mol. The maximum atomic E-state index is 11.9. The SMILES string of the molecule is CSCCCNC(=O)[C@@H](N)Cc1c[nH]c2ccccc12. The highest BCUT2D eigenvalue weighted by Gasteiger charge is 2.15. The fourth-order valence-corrected chi connectivity index (χ4v) is 2.62. The van der Waals surface area contributed by atoms with Gasteiger partial charge in [0.2, 0.25) is 5.91 Å². The quantitative estimate of drug-likeness (QED) is 0.682. The van der Waals surface area contributed by atoms with Gasteiger partial charge in [-0.1, -0.05) is 18.2 Å². The fraction of sp³-hybridized carbons (Fsp3) is 0.400. The van der Waals surface area contributed by atoms with E-state index < -0.39 is 6.04 Å². The molecule has 1 aromatic heterocycles. The number of hydrogen-bond donors (Lipinski definition) is 3. The van der Waals surface area contributed by atoms with Crippen LogP contribution in [0.3, 0.4) is 0 Å². The Hall–Kier alpha value is -1.46. The van der Waals surface area contributed by atoms with Gasteiger partial charge >= 0.3 is 0 Å². The van der Waals surface area contributed by atoms with Crippen molar-refractivity contribution in [1.82, 2.24) is 10.3 Å². The summed E-state index contributed by atoms with van der Waals surface area (Å²) < 4.78 is 0. The first-order valence-electron chi connectivity index (χ1n) is 6.79. The number of carbonyl (C=O) groups excluding carboxylic acids is 1. The predicted molar refractivity (Wildman–Crippen MR) is 86.0 cm³/mol. The van der Waals surface area contributed by atoms with Gasteiger partial charge in [-0.05, 0) is 36.5 Å². The van der Waals surface area contributed by atoms with E-state index >= 15 is 0 Å². The van der Waals surface area contributed by atoms with Crippen molar-refractivity contribution in [2.75, 3.05) is 18.6 Å². The lowest BCUT2D eigenvalue weighted by Crippen LogP contribution is -2.42. The number of fused-ring (bicyclic) bond motifs is 1. The largest absolute Gasteiger partial charge is 0.361 e. The van der Waals surface area contributed by atoms with Crippen LogP contribution in [-0.4, -0.2) is 35.5 Å². The van der Waals surface area contributed by atoms with Crippen LogP contribution in [0.2, 0.25) is 0 Å². The average molecular weight is 291 g/mol. The van der Waals surface area contributed by atoms with Crippen LogP contribution in [0, 0.1) is 0 Å². The first kappa shape index (κ1) is 14.9. The number of H-pyrrole nitrogens is 1. The third kappa shape index (κ3) is 3.77. The number of amides is 1. The molecule has 1 heterocycles. The van der Waals surface area contributed by atoms with Crippen LogP contribution in [0.1, 0.15) is 12.0 Å². The van der Waals surface area contributed by atoms with Crippen molar-refractivity contribution in [3.63, 3.8) is 0 Å². The van der Waals surface area contributed by atoms with Gasteiger partial charge in [0.05, 0.1) is 6.04 Å². The van der Waals surface area contributed by atoms with Crippen LogP contribution in [0.4, 0.5) is 0 Å². The molecule has 2 rings (SSSR count). The molecule has 0 radical (unpaired) electrons. The number of para-hydroxylation sites is 1. The lowest BCUT2D eigenvalue weighted by Gasteiger charge is -2.11. The molecule has 1 atom stereocenters. The summed E-state index contributed by atoms with van der Waals surface area (Å²) in [6.07, 6.45) is 5.53. The number of carbonyl (C=O) groups is 1. The minimum absolute atomic E-state index is 0.0728. The third-order valence-corrected chi connectivity index (χ3v) is 3.97. The van der Waals surface area contributed by atoms with Crippen LogP contribution >= 0.6 is 11.8 Å². The van der Waals surface area contributed by atoms with Gasteiger partial charge in [0.25, 0.3) is 0 Å². The number of nitrogens with one attached hydrogen (secondary N) is 2. The molecule has 20 heavy (non-hydrogen) atoms. The Balaban J connectivity index is 1.90. The highest BCUT2D eigenvalue weighted by molar-refractivity contribution is 7.98. The Labute approximate surface area is 123 Å². The van der Waals surface area contributed by atoms with E-state index in [0.717, 1.165) is 28.6 Å². The van der Waals surface area contributed by atoms with E-state index in [9.17, 15) is 4.79 Å². The number of nitrogens with two attached hydrogens (primary N) is 1. The van der Waals surface area contributed by atoms with Crippen molar-refractivity contribution in [1.29, 1.82) is 0 Å². The predicted octanol–water partition coefficient (Wildman–Crippen LogP) is 1.91. The fourth-order valence-electron chi connectivity index (χ4n) is 2.19. The molecule has 1 amide bonds. The smallest absolute Gasteiger partial charge is 0.237 e. The zero-order valence-corrected chi connectivity index (χ0v) is 12.5. The highest BCUT2D eigenvalue weighted by Crippen LogP contribution is 2.18. The molecular formula is C15H21N3OS. The van der Waals surface area contributed by atoms with Crippen LogP contribution in [0.15, 0.2) is 30.5 Å². The number of aromatic nitrogens is 1. The lowest BCUT2D eigenvalue weighted by atomic mass is 10.1. The molecule has 4 N–H and O–H groups in total. The zero-order valence-electron chi connectivity index (χ0n) is 11.7. The summed E-state index contributed by atoms with van der Waals surface area (Å²) >= 11 is 1.78. The van der Waals surface area contributed by atoms with E-state index in [1.165, 1.54) is 0 Å². The minimum Gasteiger partial charge on any atom is -0.361 e. The van der Waals surface area contributed by atoms with Crippen LogP contribution < -0.4 is 11.1 Å². The topological polar surface area (TPSA) is 70.9 Å². The first-order valence-corrected chi connectivity index (χ1v) is 8.19. The molecule has 1 aromatic carbocycles. The number of hydrogen-bond acceptors (Lipinski definition) is 3. The average Bonchev–Trinajstić information content (AvgIpc) is 2.87. The van der Waals surface area contributed by atoms with Gasteiger partial charge < -0.3 is 16.0 Å². The second-order valence-corrected chi connectivity index (χ2v) is 5.79. The molecule has 0 aliphatic carbocycles. The van der Waals surface area contributed by atoms with Crippen molar-refractivity contribution in [3.05, 3.63) is 36.0 Å². The van der Waals surface area contributed by atoms with Crippen LogP contribution in [0.5, 0.6) is 0 Å². The van der Waals surface area contributed by atoms with Gasteiger partial charge in [0, 0.05) is 23.6 Å². The summed E-state index contributed by atoms with van der Waals surface area (Å²) in [4.78, 5) is 15.1. The summed E-state index contributed by atoms with van der Waals surface area (Å²) in [6.45, 7) is 0.696. The van der Waals surface area contributed by atoms with E-state index in [-0.39, 0.29) is 5.91 Å². The zero-order chi connectivity index (χ0) is 14.4. The molecular weight excluding hydrogens is 270 g/mol. The van der Waals surface area contributed by atoms with Gasteiger partial charge in [-0.15, -0.1) is 0 Å². The molecule has 0 aliphatic heterocycles. The lowest BCUT2D eigenvalue weighted by molar-refractivity contribution is -0.122. The highest BCUT2D eigenvalue weighted by atomic mass is 32.2. The van der Waals surface area contributed by atoms with E-state index in [1.807, 2.05) is 30.5 Å². The maximum absolute atomic E-state index is 11.9. The van der Waals surface area contributed by atoms with Gasteiger partial charge in [-0.25, -0.2) is 0 Å². The van der Waals surface area contributed by atoms with Gasteiger partial charge in [-0.3, -0.25) is 4.79 Å². The van der Waals surface area contributed by atoms with Crippen LogP contribution in [-0.2, 0) is 11.2 Å². The molecule has 108 valence electrons. The molecule has 0 saturated heterocycles. The molecule has 0 aliphatic rings. The molecule has 5 heteroatoms. The van der Waals surface area contributed by atoms with Crippen molar-refractivity contribution in [2.24, 2.45) is 5.73 Å². The van der Waals surface area contributed by atoms with Crippen molar-refractivity contribution in [3.8, 4) is 0 Å². The van der Waals surface area contributed by atoms with E-state index in [2.05, 4.69) is 16.6 Å². The first-order chi connectivity index (χ1) is 9.72. The summed E-state index contributed by atoms with van der Waals surface area (Å²) in [7, 11) is 0. The normalized spacial score (nSPS) is 12.5. The van der Waals surface area contributed by atoms with Crippen LogP contribution in [0.25, 0.3) is 10.9 Å². The molecule has 0 saturated carbocycles. The van der Waals surface area contributed by atoms with Gasteiger partial charge in [0.15, 0.2) is 0 Å². The number of benzene rings is 1. The van der Waals surface area contributed by atoms with Crippen molar-refractivity contribution < 1.29 is 4.79 Å². The number of aromatic amines is 1. The minimum atomic E-state index is -0.497. The summed E-state index contributed by atoms with van der Waals surface area (Å²) in [5, 5.41) is 4.03. The molecule has 0 bridgehead atoms. The van der Waals surface area contributed by atoms with Crippen molar-refractivity contribution in [2.45, 2.75) is 18.9 Å². The standard InChI is InChI=1S/C15H21N3OS/c1-20-8-4-7-17-15(19)13(16)9-11-10-18-14-6-3-2-5-12(11)14/h2-3,5-6,10,13,18H,4,7-9,16H2,1H3,(H,17,19)/t13-/m0/s1. The number of rotatable bonds is 7.